The normalized spacial score (nSPS) is 11.0. The summed E-state index contributed by atoms with van der Waals surface area (Å²) < 4.78 is 2.88. The third-order valence-corrected chi connectivity index (χ3v) is 6.45. The van der Waals surface area contributed by atoms with E-state index in [9.17, 15) is 9.90 Å². The van der Waals surface area contributed by atoms with Gasteiger partial charge in [0, 0.05) is 21.3 Å². The van der Waals surface area contributed by atoms with Crippen LogP contribution in [0.5, 0.6) is 5.75 Å². The number of amides is 1. The molecule has 176 valence electrons. The van der Waals surface area contributed by atoms with E-state index in [2.05, 4.69) is 43.2 Å². The summed E-state index contributed by atoms with van der Waals surface area (Å²) in [4.78, 5) is 12.4. The summed E-state index contributed by atoms with van der Waals surface area (Å²) in [7, 11) is 0. The Bertz CT molecular complexity index is 1350. The SMILES string of the molecule is C=CCc1cccc(/C=N/NC(=O)CSc2nnc(-c3ccccc3)n2-c2ccc(Br)cc2)c1O. The molecule has 3 aromatic carbocycles. The van der Waals surface area contributed by atoms with Gasteiger partial charge in [0.1, 0.15) is 5.75 Å². The molecule has 0 unspecified atom stereocenters. The first-order valence-electron chi connectivity index (χ1n) is 10.7. The molecule has 0 aliphatic rings. The zero-order valence-corrected chi connectivity index (χ0v) is 21.0. The lowest BCUT2D eigenvalue weighted by Gasteiger charge is -2.10. The first-order chi connectivity index (χ1) is 17.1. The van der Waals surface area contributed by atoms with Crippen molar-refractivity contribution in [2.45, 2.75) is 11.6 Å². The zero-order valence-electron chi connectivity index (χ0n) is 18.6. The number of hydrazone groups is 1. The van der Waals surface area contributed by atoms with Crippen LogP contribution in [-0.4, -0.2) is 37.7 Å². The molecule has 0 saturated carbocycles. The van der Waals surface area contributed by atoms with Crippen molar-refractivity contribution in [1.29, 1.82) is 0 Å². The molecule has 1 amide bonds. The number of hydrogen-bond donors (Lipinski definition) is 2. The van der Waals surface area contributed by atoms with Crippen molar-refractivity contribution in [2.75, 3.05) is 5.75 Å². The molecule has 1 heterocycles. The lowest BCUT2D eigenvalue weighted by molar-refractivity contribution is -0.118. The van der Waals surface area contributed by atoms with Gasteiger partial charge in [0.05, 0.1) is 12.0 Å². The van der Waals surface area contributed by atoms with Crippen LogP contribution in [0.1, 0.15) is 11.1 Å². The smallest absolute Gasteiger partial charge is 0.250 e. The number of para-hydroxylation sites is 1. The van der Waals surface area contributed by atoms with Gasteiger partial charge in [-0.1, -0.05) is 76.2 Å². The van der Waals surface area contributed by atoms with Crippen LogP contribution in [0.25, 0.3) is 17.1 Å². The Morgan fingerprint density at radius 3 is 2.60 bits per heavy atom. The number of thioether (sulfide) groups is 1. The second-order valence-electron chi connectivity index (χ2n) is 7.41. The van der Waals surface area contributed by atoms with Gasteiger partial charge in [-0.15, -0.1) is 16.8 Å². The molecule has 0 saturated heterocycles. The van der Waals surface area contributed by atoms with Crippen molar-refractivity contribution in [3.05, 3.63) is 101 Å². The van der Waals surface area contributed by atoms with Crippen molar-refractivity contribution in [3.63, 3.8) is 0 Å². The van der Waals surface area contributed by atoms with Crippen molar-refractivity contribution >= 4 is 39.8 Å². The summed E-state index contributed by atoms with van der Waals surface area (Å²) in [5.41, 5.74) is 5.56. The van der Waals surface area contributed by atoms with E-state index < -0.39 is 0 Å². The third kappa shape index (κ3) is 6.06. The molecule has 0 fully saturated rings. The molecule has 35 heavy (non-hydrogen) atoms. The number of allylic oxidation sites excluding steroid dienone is 1. The monoisotopic (exact) mass is 547 g/mol. The fourth-order valence-corrected chi connectivity index (χ4v) is 4.34. The molecule has 0 radical (unpaired) electrons. The summed E-state index contributed by atoms with van der Waals surface area (Å²) in [5.74, 6) is 0.586. The Kier molecular flexibility index (Phi) is 8.12. The van der Waals surface area contributed by atoms with E-state index in [4.69, 9.17) is 0 Å². The maximum atomic E-state index is 12.4. The molecular formula is C26H22BrN5O2S. The maximum absolute atomic E-state index is 12.4. The van der Waals surface area contributed by atoms with E-state index >= 15 is 0 Å². The molecular weight excluding hydrogens is 526 g/mol. The number of phenolic OH excluding ortho intramolecular Hbond substituents is 1. The molecule has 0 bridgehead atoms. The number of hydrogen-bond acceptors (Lipinski definition) is 6. The fraction of sp³-hybridized carbons (Fsp3) is 0.0769. The molecule has 0 atom stereocenters. The predicted molar refractivity (Wildman–Crippen MR) is 143 cm³/mol. The number of phenols is 1. The van der Waals surface area contributed by atoms with Crippen molar-refractivity contribution in [3.8, 4) is 22.8 Å². The van der Waals surface area contributed by atoms with Gasteiger partial charge in [0.2, 0.25) is 0 Å². The minimum absolute atomic E-state index is 0.0866. The highest BCUT2D eigenvalue weighted by Crippen LogP contribution is 2.28. The van der Waals surface area contributed by atoms with E-state index in [-0.39, 0.29) is 17.4 Å². The van der Waals surface area contributed by atoms with Crippen LogP contribution in [0, 0.1) is 0 Å². The van der Waals surface area contributed by atoms with Gasteiger partial charge in [0.15, 0.2) is 11.0 Å². The number of nitrogens with zero attached hydrogens (tertiary/aromatic N) is 4. The second kappa shape index (κ2) is 11.6. The highest BCUT2D eigenvalue weighted by Gasteiger charge is 2.17. The molecule has 7 nitrogen and oxygen atoms in total. The molecule has 2 N–H and O–H groups in total. The molecule has 0 spiro atoms. The predicted octanol–water partition coefficient (Wildman–Crippen LogP) is 5.37. The Morgan fingerprint density at radius 1 is 1.09 bits per heavy atom. The van der Waals surface area contributed by atoms with E-state index in [0.717, 1.165) is 21.3 Å². The van der Waals surface area contributed by atoms with Crippen molar-refractivity contribution in [2.24, 2.45) is 5.10 Å². The van der Waals surface area contributed by atoms with Crippen LogP contribution < -0.4 is 5.43 Å². The van der Waals surface area contributed by atoms with E-state index in [0.29, 0.717) is 23.0 Å². The highest BCUT2D eigenvalue weighted by molar-refractivity contribution is 9.10. The number of carbonyl (C=O) groups is 1. The largest absolute Gasteiger partial charge is 0.507 e. The van der Waals surface area contributed by atoms with E-state index in [1.165, 1.54) is 18.0 Å². The average molecular weight is 548 g/mol. The minimum Gasteiger partial charge on any atom is -0.507 e. The van der Waals surface area contributed by atoms with Crippen LogP contribution in [0.2, 0.25) is 0 Å². The molecule has 4 rings (SSSR count). The Balaban J connectivity index is 1.48. The average Bonchev–Trinajstić information content (AvgIpc) is 3.30. The summed E-state index contributed by atoms with van der Waals surface area (Å²) >= 11 is 4.72. The van der Waals surface area contributed by atoms with Gasteiger partial charge in [-0.2, -0.15) is 5.10 Å². The number of aromatic nitrogens is 3. The maximum Gasteiger partial charge on any atom is 0.250 e. The van der Waals surface area contributed by atoms with Crippen LogP contribution in [0.3, 0.4) is 0 Å². The topological polar surface area (TPSA) is 92.4 Å². The summed E-state index contributed by atoms with van der Waals surface area (Å²) in [6.45, 7) is 3.69. The van der Waals surface area contributed by atoms with Gasteiger partial charge in [-0.3, -0.25) is 9.36 Å². The third-order valence-electron chi connectivity index (χ3n) is 4.99. The van der Waals surface area contributed by atoms with Gasteiger partial charge in [-0.05, 0) is 42.3 Å². The van der Waals surface area contributed by atoms with Gasteiger partial charge < -0.3 is 5.11 Å². The molecule has 0 aliphatic heterocycles. The van der Waals surface area contributed by atoms with Crippen molar-refractivity contribution in [1.82, 2.24) is 20.2 Å². The zero-order chi connectivity index (χ0) is 24.6. The molecule has 9 heteroatoms. The summed E-state index contributed by atoms with van der Waals surface area (Å²) in [6, 6.07) is 22.9. The Morgan fingerprint density at radius 2 is 1.86 bits per heavy atom. The lowest BCUT2D eigenvalue weighted by Crippen LogP contribution is -2.20. The van der Waals surface area contributed by atoms with Crippen molar-refractivity contribution < 1.29 is 9.90 Å². The number of nitrogens with one attached hydrogen (secondary N) is 1. The molecule has 1 aromatic heterocycles. The van der Waals surface area contributed by atoms with Crippen LogP contribution in [0.15, 0.2) is 100 Å². The van der Waals surface area contributed by atoms with Crippen LogP contribution in [-0.2, 0) is 11.2 Å². The Hall–Kier alpha value is -3.69. The fourth-order valence-electron chi connectivity index (χ4n) is 3.33. The van der Waals surface area contributed by atoms with E-state index in [1.807, 2.05) is 71.3 Å². The summed E-state index contributed by atoms with van der Waals surface area (Å²) in [5, 5.41) is 23.6. The van der Waals surface area contributed by atoms with Crippen LogP contribution in [0.4, 0.5) is 0 Å². The van der Waals surface area contributed by atoms with E-state index in [1.54, 1.807) is 12.1 Å². The highest BCUT2D eigenvalue weighted by atomic mass is 79.9. The molecule has 4 aromatic rings. The number of benzene rings is 3. The number of aromatic hydroxyl groups is 1. The first-order valence-corrected chi connectivity index (χ1v) is 12.5. The Labute approximate surface area is 215 Å². The van der Waals surface area contributed by atoms with Gasteiger partial charge in [0.25, 0.3) is 5.91 Å². The van der Waals surface area contributed by atoms with Gasteiger partial charge >= 0.3 is 0 Å². The first kappa shape index (κ1) is 24.4. The summed E-state index contributed by atoms with van der Waals surface area (Å²) in [6.07, 6.45) is 3.67. The minimum atomic E-state index is -0.306. The second-order valence-corrected chi connectivity index (χ2v) is 9.27. The van der Waals surface area contributed by atoms with Gasteiger partial charge in [-0.25, -0.2) is 5.43 Å². The number of rotatable bonds is 9. The number of carbonyl (C=O) groups excluding carboxylic acids is 1. The number of halogens is 1. The molecule has 0 aliphatic carbocycles. The van der Waals surface area contributed by atoms with Crippen LogP contribution >= 0.6 is 27.7 Å². The standard InChI is InChI=1S/C26H22BrN5O2S/c1-2-7-18-10-6-11-20(24(18)34)16-28-29-23(33)17-35-26-31-30-25(19-8-4-3-5-9-19)32(26)22-14-12-21(27)13-15-22/h2-6,8-16,34H,1,7,17H2,(H,29,33)/b28-16+. The lowest BCUT2D eigenvalue weighted by atomic mass is 10.1. The quantitative estimate of drug-likeness (QED) is 0.127.